The molecular formula is C12H7Cl2F4N. The third-order valence-electron chi connectivity index (χ3n) is 2.61. The second-order valence-electron chi connectivity index (χ2n) is 3.96. The van der Waals surface area contributed by atoms with Gasteiger partial charge in [0.2, 0.25) is 0 Å². The minimum atomic E-state index is -4.59. The molecule has 1 aliphatic carbocycles. The first-order chi connectivity index (χ1) is 8.79. The van der Waals surface area contributed by atoms with Crippen molar-refractivity contribution in [1.82, 2.24) is 4.98 Å². The molecule has 0 amide bonds. The fourth-order valence-electron chi connectivity index (χ4n) is 1.67. The molecular weight excluding hydrogens is 305 g/mol. The number of rotatable bonds is 1. The SMILES string of the molecule is FC1=C(c2cc(Cl)c(C(F)(F)F)cn2)C=C(Cl)CC1. The highest BCUT2D eigenvalue weighted by molar-refractivity contribution is 6.32. The molecule has 0 saturated heterocycles. The molecule has 0 atom stereocenters. The van der Waals surface area contributed by atoms with Crippen molar-refractivity contribution in [2.45, 2.75) is 19.0 Å². The highest BCUT2D eigenvalue weighted by Gasteiger charge is 2.34. The van der Waals surface area contributed by atoms with E-state index in [9.17, 15) is 17.6 Å². The Kier molecular flexibility index (Phi) is 3.87. The van der Waals surface area contributed by atoms with Crippen LogP contribution in [0.3, 0.4) is 0 Å². The number of alkyl halides is 3. The van der Waals surface area contributed by atoms with Crippen LogP contribution >= 0.6 is 23.2 Å². The van der Waals surface area contributed by atoms with Gasteiger partial charge in [-0.2, -0.15) is 13.2 Å². The lowest BCUT2D eigenvalue weighted by molar-refractivity contribution is -0.137. The van der Waals surface area contributed by atoms with Crippen LogP contribution in [0.15, 0.2) is 29.2 Å². The number of allylic oxidation sites excluding steroid dienone is 4. The summed E-state index contributed by atoms with van der Waals surface area (Å²) in [6, 6.07) is 0.991. The van der Waals surface area contributed by atoms with Gasteiger partial charge in [0.15, 0.2) is 0 Å². The van der Waals surface area contributed by atoms with E-state index in [1.807, 2.05) is 0 Å². The van der Waals surface area contributed by atoms with Crippen LogP contribution in [0.4, 0.5) is 17.6 Å². The fraction of sp³-hybridized carbons (Fsp3) is 0.250. The van der Waals surface area contributed by atoms with Crippen LogP contribution in [-0.4, -0.2) is 4.98 Å². The molecule has 0 aliphatic heterocycles. The zero-order valence-electron chi connectivity index (χ0n) is 9.36. The van der Waals surface area contributed by atoms with Crippen LogP contribution in [0.25, 0.3) is 5.57 Å². The predicted octanol–water partition coefficient (Wildman–Crippen LogP) is 5.35. The molecule has 0 unspecified atom stereocenters. The smallest absolute Gasteiger partial charge is 0.255 e. The van der Waals surface area contributed by atoms with E-state index in [-0.39, 0.29) is 17.7 Å². The van der Waals surface area contributed by atoms with E-state index < -0.39 is 22.6 Å². The van der Waals surface area contributed by atoms with Gasteiger partial charge in [-0.15, -0.1) is 0 Å². The number of hydrogen-bond donors (Lipinski definition) is 0. The molecule has 0 saturated carbocycles. The molecule has 1 aromatic heterocycles. The quantitative estimate of drug-likeness (QED) is 0.637. The Morgan fingerprint density at radius 3 is 2.42 bits per heavy atom. The lowest BCUT2D eigenvalue weighted by Crippen LogP contribution is -2.07. The minimum absolute atomic E-state index is 0.0355. The minimum Gasteiger partial charge on any atom is -0.255 e. The lowest BCUT2D eigenvalue weighted by atomic mass is 10.0. The van der Waals surface area contributed by atoms with Crippen LogP contribution in [0.2, 0.25) is 5.02 Å². The Hall–Kier alpha value is -1.07. The topological polar surface area (TPSA) is 12.9 Å². The summed E-state index contributed by atoms with van der Waals surface area (Å²) >= 11 is 11.3. The molecule has 2 rings (SSSR count). The molecule has 102 valence electrons. The van der Waals surface area contributed by atoms with Crippen LogP contribution in [0.5, 0.6) is 0 Å². The van der Waals surface area contributed by atoms with Gasteiger partial charge >= 0.3 is 6.18 Å². The molecule has 19 heavy (non-hydrogen) atoms. The van der Waals surface area contributed by atoms with E-state index in [1.165, 1.54) is 6.08 Å². The summed E-state index contributed by atoms with van der Waals surface area (Å²) in [6.07, 6.45) is -2.17. The summed E-state index contributed by atoms with van der Waals surface area (Å²) in [5, 5.41) is -0.0953. The van der Waals surface area contributed by atoms with Crippen molar-refractivity contribution in [1.29, 1.82) is 0 Å². The largest absolute Gasteiger partial charge is 0.419 e. The van der Waals surface area contributed by atoms with Crippen LogP contribution in [0, 0.1) is 0 Å². The molecule has 1 aliphatic rings. The average molecular weight is 312 g/mol. The molecule has 1 aromatic rings. The van der Waals surface area contributed by atoms with Crippen LogP contribution < -0.4 is 0 Å². The second kappa shape index (κ2) is 5.13. The van der Waals surface area contributed by atoms with Crippen molar-refractivity contribution in [2.75, 3.05) is 0 Å². The van der Waals surface area contributed by atoms with Gasteiger partial charge in [0.1, 0.15) is 5.83 Å². The maximum atomic E-state index is 13.6. The van der Waals surface area contributed by atoms with Crippen molar-refractivity contribution < 1.29 is 17.6 Å². The highest BCUT2D eigenvalue weighted by atomic mass is 35.5. The second-order valence-corrected chi connectivity index (χ2v) is 4.85. The van der Waals surface area contributed by atoms with Crippen molar-refractivity contribution in [3.63, 3.8) is 0 Å². The number of nitrogens with zero attached hydrogens (tertiary/aromatic N) is 1. The Morgan fingerprint density at radius 1 is 1.16 bits per heavy atom. The predicted molar refractivity (Wildman–Crippen MR) is 65.4 cm³/mol. The maximum absolute atomic E-state index is 13.6. The summed E-state index contributed by atoms with van der Waals surface area (Å²) < 4.78 is 51.2. The van der Waals surface area contributed by atoms with Crippen molar-refractivity contribution in [3.05, 3.63) is 45.5 Å². The molecule has 0 fully saturated rings. The Morgan fingerprint density at radius 2 is 1.84 bits per heavy atom. The van der Waals surface area contributed by atoms with Gasteiger partial charge in [-0.05, 0) is 18.6 Å². The molecule has 1 heterocycles. The van der Waals surface area contributed by atoms with Crippen molar-refractivity contribution in [2.24, 2.45) is 0 Å². The van der Waals surface area contributed by atoms with Crippen molar-refractivity contribution in [3.8, 4) is 0 Å². The van der Waals surface area contributed by atoms with Gasteiger partial charge in [-0.1, -0.05) is 23.2 Å². The third-order valence-corrected chi connectivity index (χ3v) is 3.22. The fourth-order valence-corrected chi connectivity index (χ4v) is 2.13. The van der Waals surface area contributed by atoms with E-state index in [1.54, 1.807) is 0 Å². The summed E-state index contributed by atoms with van der Waals surface area (Å²) in [5.74, 6) is -0.465. The Balaban J connectivity index is 2.46. The zero-order valence-corrected chi connectivity index (χ0v) is 10.9. The van der Waals surface area contributed by atoms with Gasteiger partial charge in [-0.25, -0.2) is 4.39 Å². The number of halogens is 6. The van der Waals surface area contributed by atoms with E-state index in [0.29, 0.717) is 17.6 Å². The first kappa shape index (κ1) is 14.3. The third kappa shape index (κ3) is 3.09. The van der Waals surface area contributed by atoms with Gasteiger partial charge in [0, 0.05) is 23.2 Å². The first-order valence-corrected chi connectivity index (χ1v) is 6.02. The normalized spacial score (nSPS) is 16.6. The van der Waals surface area contributed by atoms with Gasteiger partial charge in [0.25, 0.3) is 0 Å². The lowest BCUT2D eigenvalue weighted by Gasteiger charge is -2.13. The number of pyridine rings is 1. The molecule has 0 radical (unpaired) electrons. The molecule has 0 aromatic carbocycles. The van der Waals surface area contributed by atoms with E-state index in [0.717, 1.165) is 6.07 Å². The number of hydrogen-bond acceptors (Lipinski definition) is 1. The Labute approximate surface area is 116 Å². The van der Waals surface area contributed by atoms with Crippen LogP contribution in [0.1, 0.15) is 24.1 Å². The molecule has 0 bridgehead atoms. The van der Waals surface area contributed by atoms with Gasteiger partial charge < -0.3 is 0 Å². The van der Waals surface area contributed by atoms with Gasteiger partial charge in [0.05, 0.1) is 16.3 Å². The van der Waals surface area contributed by atoms with E-state index in [2.05, 4.69) is 4.98 Å². The molecule has 1 nitrogen and oxygen atoms in total. The molecule has 0 spiro atoms. The monoisotopic (exact) mass is 311 g/mol. The Bertz CT molecular complexity index is 576. The molecule has 7 heteroatoms. The summed E-state index contributed by atoms with van der Waals surface area (Å²) in [6.45, 7) is 0. The van der Waals surface area contributed by atoms with E-state index >= 15 is 0 Å². The summed E-state index contributed by atoms with van der Waals surface area (Å²) in [7, 11) is 0. The summed E-state index contributed by atoms with van der Waals surface area (Å²) in [5.41, 5.74) is -0.940. The molecule has 0 N–H and O–H groups in total. The highest BCUT2D eigenvalue weighted by Crippen LogP contribution is 2.37. The van der Waals surface area contributed by atoms with Gasteiger partial charge in [-0.3, -0.25) is 4.98 Å². The van der Waals surface area contributed by atoms with Crippen LogP contribution in [-0.2, 0) is 6.18 Å². The standard InChI is InChI=1S/C12H7Cl2F4N/c13-6-1-2-10(15)7(3-6)11-4-9(14)8(5-19-11)12(16,17)18/h3-5H,1-2H2. The maximum Gasteiger partial charge on any atom is 0.419 e. The summed E-state index contributed by atoms with van der Waals surface area (Å²) in [4.78, 5) is 3.61. The number of aromatic nitrogens is 1. The first-order valence-electron chi connectivity index (χ1n) is 5.27. The zero-order chi connectivity index (χ0) is 14.2. The average Bonchev–Trinajstić information content (AvgIpc) is 2.30. The van der Waals surface area contributed by atoms with E-state index in [4.69, 9.17) is 23.2 Å². The van der Waals surface area contributed by atoms with Crippen molar-refractivity contribution >= 4 is 28.8 Å².